The van der Waals surface area contributed by atoms with E-state index in [9.17, 15) is 4.79 Å². The molecule has 0 unspecified atom stereocenters. The molecule has 3 aromatic carbocycles. The Balaban J connectivity index is 0.000000189. The van der Waals surface area contributed by atoms with Crippen LogP contribution in [0.3, 0.4) is 0 Å². The number of benzene rings is 3. The van der Waals surface area contributed by atoms with Gasteiger partial charge in [0.2, 0.25) is 11.6 Å². The maximum Gasteiger partial charge on any atom is 0.331 e. The molecule has 1 saturated heterocycles. The summed E-state index contributed by atoms with van der Waals surface area (Å²) in [5, 5.41) is 18.2. The molecule has 5 rings (SSSR count). The summed E-state index contributed by atoms with van der Waals surface area (Å²) in [5.41, 5.74) is 2.13. The number of halogens is 2. The number of nitrogens with zero attached hydrogens (tertiary/aromatic N) is 7. The van der Waals surface area contributed by atoms with Gasteiger partial charge in [-0.1, -0.05) is 77.4 Å². The van der Waals surface area contributed by atoms with Crippen LogP contribution in [-0.2, 0) is 0 Å². The molecule has 8 nitrogen and oxygen atoms in total. The Hall–Kier alpha value is -3.53. The number of aromatic nitrogens is 4. The Morgan fingerprint density at radius 1 is 0.780 bits per heavy atom. The largest absolute Gasteiger partial charge is 0.331 e. The van der Waals surface area contributed by atoms with Crippen LogP contribution in [-0.4, -0.2) is 54.0 Å². The zero-order valence-corrected chi connectivity index (χ0v) is 25.8. The van der Waals surface area contributed by atoms with Gasteiger partial charge in [-0.15, -0.1) is 20.4 Å². The van der Waals surface area contributed by atoms with Crippen LogP contribution in [0.1, 0.15) is 34.6 Å². The summed E-state index contributed by atoms with van der Waals surface area (Å²) < 4.78 is 0. The zero-order chi connectivity index (χ0) is 29.6. The second-order valence-electron chi connectivity index (χ2n) is 10.4. The molecule has 0 radical (unpaired) electrons. The number of hydrogen-bond acceptors (Lipinski definition) is 7. The van der Waals surface area contributed by atoms with Crippen molar-refractivity contribution >= 4 is 51.8 Å². The zero-order valence-electron chi connectivity index (χ0n) is 23.5. The molecule has 0 saturated carbocycles. The second kappa shape index (κ2) is 13.4. The summed E-state index contributed by atoms with van der Waals surface area (Å²) >= 11 is 13.8. The highest BCUT2D eigenvalue weighted by Crippen LogP contribution is 2.29. The normalized spacial score (nSPS) is 14.7. The Bertz CT molecular complexity index is 1450. The molecule has 1 aliphatic heterocycles. The van der Waals surface area contributed by atoms with Gasteiger partial charge in [0.25, 0.3) is 0 Å². The van der Waals surface area contributed by atoms with Gasteiger partial charge in [-0.2, -0.15) is 0 Å². The summed E-state index contributed by atoms with van der Waals surface area (Å²) in [6, 6.07) is 24.4. The number of hydrogen-bond donors (Lipinski definition) is 0. The number of carbonyl (C=O) groups excluding carboxylic acids is 1. The maximum absolute atomic E-state index is 12.8. The first-order valence-electron chi connectivity index (χ1n) is 13.0. The van der Waals surface area contributed by atoms with Crippen LogP contribution in [0.25, 0.3) is 22.8 Å². The molecule has 0 atom stereocenters. The first-order valence-corrected chi connectivity index (χ1v) is 14.7. The van der Waals surface area contributed by atoms with Crippen LogP contribution >= 0.6 is 35.0 Å². The fraction of sp³-hybridized carbons (Fsp3) is 0.267. The van der Waals surface area contributed by atoms with Crippen molar-refractivity contribution in [1.82, 2.24) is 25.3 Å². The first kappa shape index (κ1) is 30.4. The van der Waals surface area contributed by atoms with Crippen molar-refractivity contribution in [3.8, 4) is 22.8 Å². The molecule has 1 aliphatic rings. The molecule has 41 heavy (non-hydrogen) atoms. The maximum atomic E-state index is 12.8. The molecule has 0 bridgehead atoms. The highest BCUT2D eigenvalue weighted by molar-refractivity contribution is 8.14. The Morgan fingerprint density at radius 3 is 1.68 bits per heavy atom. The average molecular weight is 609 g/mol. The van der Waals surface area contributed by atoms with E-state index in [4.69, 9.17) is 28.2 Å². The lowest BCUT2D eigenvalue weighted by Crippen LogP contribution is -2.53. The van der Waals surface area contributed by atoms with Gasteiger partial charge in [-0.3, -0.25) is 14.8 Å². The topological polar surface area (TPSA) is 87.5 Å². The lowest BCUT2D eigenvalue weighted by molar-refractivity contribution is 0.220. The first-order chi connectivity index (χ1) is 19.5. The fourth-order valence-electron chi connectivity index (χ4n) is 3.80. The van der Waals surface area contributed by atoms with Gasteiger partial charge >= 0.3 is 6.03 Å². The van der Waals surface area contributed by atoms with Crippen LogP contribution in [0, 0.1) is 0 Å². The SMILES string of the molecule is CC(C)N1C(=O)N(c2ccccc2)CS/C1=N\C(C)(C)C.Clc1ccccc1-c1nnc(-c2ccccc2Cl)nn1. The molecular formula is C30H31Cl2N7OS. The summed E-state index contributed by atoms with van der Waals surface area (Å²) in [6.07, 6.45) is 0. The van der Waals surface area contributed by atoms with Gasteiger partial charge in [0.05, 0.1) is 21.5 Å². The van der Waals surface area contributed by atoms with Crippen molar-refractivity contribution in [2.45, 2.75) is 46.2 Å². The van der Waals surface area contributed by atoms with E-state index in [1.807, 2.05) is 101 Å². The summed E-state index contributed by atoms with van der Waals surface area (Å²) in [4.78, 5) is 21.1. The Labute approximate surface area is 254 Å². The summed E-state index contributed by atoms with van der Waals surface area (Å²) in [7, 11) is 0. The van der Waals surface area contributed by atoms with Gasteiger partial charge in [0, 0.05) is 22.9 Å². The molecule has 0 spiro atoms. The minimum atomic E-state index is -0.190. The minimum Gasteiger partial charge on any atom is -0.284 e. The molecule has 0 N–H and O–H groups in total. The van der Waals surface area contributed by atoms with Crippen molar-refractivity contribution in [3.63, 3.8) is 0 Å². The third-order valence-electron chi connectivity index (χ3n) is 5.69. The van der Waals surface area contributed by atoms with E-state index in [0.717, 1.165) is 10.9 Å². The predicted octanol–water partition coefficient (Wildman–Crippen LogP) is 8.09. The molecule has 0 aliphatic carbocycles. The average Bonchev–Trinajstić information content (AvgIpc) is 2.94. The Morgan fingerprint density at radius 2 is 1.24 bits per heavy atom. The number of amidine groups is 1. The highest BCUT2D eigenvalue weighted by Gasteiger charge is 2.34. The van der Waals surface area contributed by atoms with E-state index in [2.05, 4.69) is 20.4 Å². The van der Waals surface area contributed by atoms with Crippen LogP contribution < -0.4 is 4.90 Å². The van der Waals surface area contributed by atoms with E-state index < -0.39 is 0 Å². The lowest BCUT2D eigenvalue weighted by Gasteiger charge is -2.38. The second-order valence-corrected chi connectivity index (χ2v) is 12.1. The van der Waals surface area contributed by atoms with Crippen molar-refractivity contribution in [2.75, 3.05) is 10.8 Å². The van der Waals surface area contributed by atoms with Gasteiger partial charge in [-0.25, -0.2) is 4.79 Å². The molecule has 2 heterocycles. The lowest BCUT2D eigenvalue weighted by atomic mass is 10.1. The number of carbonyl (C=O) groups is 1. The van der Waals surface area contributed by atoms with E-state index >= 15 is 0 Å². The number of rotatable bonds is 4. The summed E-state index contributed by atoms with van der Waals surface area (Å²) in [6.45, 7) is 10.2. The monoisotopic (exact) mass is 607 g/mol. The third kappa shape index (κ3) is 7.81. The van der Waals surface area contributed by atoms with E-state index in [1.54, 1.807) is 33.7 Å². The number of para-hydroxylation sites is 1. The third-order valence-corrected chi connectivity index (χ3v) is 7.28. The molecule has 1 aromatic heterocycles. The van der Waals surface area contributed by atoms with E-state index in [-0.39, 0.29) is 17.6 Å². The quantitative estimate of drug-likeness (QED) is 0.233. The number of aliphatic imine (C=N–C) groups is 1. The van der Waals surface area contributed by atoms with Gasteiger partial charge in [0.1, 0.15) is 0 Å². The number of anilines is 1. The molecule has 2 amide bonds. The molecule has 212 valence electrons. The number of thioether (sulfide) groups is 1. The van der Waals surface area contributed by atoms with Crippen LogP contribution in [0.2, 0.25) is 10.0 Å². The molecular weight excluding hydrogens is 577 g/mol. The number of urea groups is 1. The van der Waals surface area contributed by atoms with Crippen molar-refractivity contribution in [2.24, 2.45) is 4.99 Å². The van der Waals surface area contributed by atoms with E-state index in [0.29, 0.717) is 38.7 Å². The number of amides is 2. The highest BCUT2D eigenvalue weighted by atomic mass is 35.5. The standard InChI is InChI=1S/C16H23N3OS.C14H8Cl2N4/c1-12(2)19-14(17-16(3,4)5)21-11-18(15(19)20)13-9-7-6-8-10-13;15-11-7-3-1-5-9(11)13-17-19-14(20-18-13)10-6-2-4-8-12(10)16/h6-10,12H,11H2,1-5H3;1-8H/b17-14-;. The van der Waals surface area contributed by atoms with E-state index in [1.165, 1.54) is 0 Å². The van der Waals surface area contributed by atoms with Crippen LogP contribution in [0.5, 0.6) is 0 Å². The van der Waals surface area contributed by atoms with Crippen LogP contribution in [0.4, 0.5) is 10.5 Å². The fourth-order valence-corrected chi connectivity index (χ4v) is 5.51. The smallest absolute Gasteiger partial charge is 0.284 e. The van der Waals surface area contributed by atoms with Gasteiger partial charge in [-0.05, 0) is 71.0 Å². The van der Waals surface area contributed by atoms with Crippen LogP contribution in [0.15, 0.2) is 83.9 Å². The van der Waals surface area contributed by atoms with Gasteiger partial charge < -0.3 is 0 Å². The minimum absolute atomic E-state index is 0.00190. The predicted molar refractivity (Wildman–Crippen MR) is 169 cm³/mol. The molecule has 4 aromatic rings. The summed E-state index contributed by atoms with van der Waals surface area (Å²) in [5.74, 6) is 1.36. The van der Waals surface area contributed by atoms with Crippen molar-refractivity contribution in [3.05, 3.63) is 88.9 Å². The molecule has 11 heteroatoms. The van der Waals surface area contributed by atoms with Crippen molar-refractivity contribution in [1.29, 1.82) is 0 Å². The Kier molecular flexibility index (Phi) is 9.96. The van der Waals surface area contributed by atoms with Gasteiger partial charge in [0.15, 0.2) is 5.17 Å². The van der Waals surface area contributed by atoms with Crippen molar-refractivity contribution < 1.29 is 4.79 Å². The molecule has 1 fully saturated rings.